The fourth-order valence-electron chi connectivity index (χ4n) is 2.28. The second kappa shape index (κ2) is 6.19. The number of rotatable bonds is 4. The van der Waals surface area contributed by atoms with Crippen LogP contribution in [0.5, 0.6) is 0 Å². The zero-order chi connectivity index (χ0) is 14.7. The molecule has 0 amide bonds. The maximum Gasteiger partial charge on any atom is 0.129 e. The molecule has 1 N–H and O–H groups in total. The van der Waals surface area contributed by atoms with Crippen molar-refractivity contribution >= 4 is 0 Å². The van der Waals surface area contributed by atoms with E-state index in [-0.39, 0.29) is 5.82 Å². The van der Waals surface area contributed by atoms with Gasteiger partial charge in [-0.05, 0) is 42.0 Å². The molecule has 2 unspecified atom stereocenters. The average Bonchev–Trinajstić information content (AvgIpc) is 2.46. The summed E-state index contributed by atoms with van der Waals surface area (Å²) in [7, 11) is 0. The highest BCUT2D eigenvalue weighted by Gasteiger charge is 2.15. The molecule has 0 heterocycles. The van der Waals surface area contributed by atoms with Crippen LogP contribution in [0.25, 0.3) is 0 Å². The van der Waals surface area contributed by atoms with Crippen LogP contribution in [0.2, 0.25) is 0 Å². The van der Waals surface area contributed by atoms with Crippen LogP contribution in [0.15, 0.2) is 42.5 Å². The van der Waals surface area contributed by atoms with Crippen LogP contribution in [-0.4, -0.2) is 5.11 Å². The molecule has 0 bridgehead atoms. The molecule has 0 aliphatic rings. The largest absolute Gasteiger partial charge is 0.384 e. The quantitative estimate of drug-likeness (QED) is 0.853. The van der Waals surface area contributed by atoms with Gasteiger partial charge in [-0.25, -0.2) is 4.39 Å². The van der Waals surface area contributed by atoms with Crippen molar-refractivity contribution in [2.24, 2.45) is 0 Å². The predicted molar refractivity (Wildman–Crippen MR) is 80.3 cm³/mol. The number of aliphatic hydroxyl groups excluding tert-OH is 1. The van der Waals surface area contributed by atoms with Crippen molar-refractivity contribution in [3.63, 3.8) is 0 Å². The molecule has 0 aliphatic heterocycles. The highest BCUT2D eigenvalue weighted by Crippen LogP contribution is 2.27. The van der Waals surface area contributed by atoms with Crippen LogP contribution in [0.4, 0.5) is 4.39 Å². The summed E-state index contributed by atoms with van der Waals surface area (Å²) in [4.78, 5) is 0. The van der Waals surface area contributed by atoms with E-state index in [9.17, 15) is 9.50 Å². The third-order valence-corrected chi connectivity index (χ3v) is 3.88. The second-order valence-electron chi connectivity index (χ2n) is 5.40. The second-order valence-corrected chi connectivity index (χ2v) is 5.40. The molecule has 106 valence electrons. The Morgan fingerprint density at radius 1 is 1.05 bits per heavy atom. The van der Waals surface area contributed by atoms with Crippen LogP contribution in [-0.2, 0) is 0 Å². The van der Waals surface area contributed by atoms with Crippen molar-refractivity contribution < 1.29 is 9.50 Å². The van der Waals surface area contributed by atoms with E-state index in [2.05, 4.69) is 13.8 Å². The summed E-state index contributed by atoms with van der Waals surface area (Å²) in [5, 5.41) is 10.3. The van der Waals surface area contributed by atoms with E-state index in [0.717, 1.165) is 17.5 Å². The summed E-state index contributed by atoms with van der Waals surface area (Å²) in [6.07, 6.45) is 0.163. The van der Waals surface area contributed by atoms with Gasteiger partial charge in [0.05, 0.1) is 0 Å². The van der Waals surface area contributed by atoms with Crippen LogP contribution in [0.3, 0.4) is 0 Å². The Kier molecular flexibility index (Phi) is 4.56. The zero-order valence-corrected chi connectivity index (χ0v) is 12.2. The number of aliphatic hydroxyl groups is 1. The van der Waals surface area contributed by atoms with Crippen molar-refractivity contribution in [1.82, 2.24) is 0 Å². The minimum Gasteiger partial charge on any atom is -0.384 e. The molecular formula is C18H21FO. The van der Waals surface area contributed by atoms with E-state index in [1.54, 1.807) is 6.07 Å². The fraction of sp³-hybridized carbons (Fsp3) is 0.333. The summed E-state index contributed by atoms with van der Waals surface area (Å²) in [6, 6.07) is 12.7. The van der Waals surface area contributed by atoms with Gasteiger partial charge in [-0.1, -0.05) is 50.2 Å². The predicted octanol–water partition coefficient (Wildman–Crippen LogP) is 4.73. The summed E-state index contributed by atoms with van der Waals surface area (Å²) in [5.74, 6) is 0.140. The number of benzene rings is 2. The molecule has 0 aliphatic carbocycles. The first kappa shape index (κ1) is 14.7. The van der Waals surface area contributed by atoms with Crippen LogP contribution >= 0.6 is 0 Å². The normalized spacial score (nSPS) is 14.1. The first-order valence-electron chi connectivity index (χ1n) is 7.07. The van der Waals surface area contributed by atoms with E-state index in [4.69, 9.17) is 0 Å². The Balaban J connectivity index is 2.26. The third kappa shape index (κ3) is 3.07. The van der Waals surface area contributed by atoms with Crippen LogP contribution in [0, 0.1) is 12.7 Å². The lowest BCUT2D eigenvalue weighted by atomic mass is 9.94. The zero-order valence-electron chi connectivity index (χ0n) is 12.2. The van der Waals surface area contributed by atoms with E-state index in [0.29, 0.717) is 11.5 Å². The van der Waals surface area contributed by atoms with Gasteiger partial charge < -0.3 is 5.11 Å². The van der Waals surface area contributed by atoms with Gasteiger partial charge >= 0.3 is 0 Å². The van der Waals surface area contributed by atoms with Gasteiger partial charge in [0.15, 0.2) is 0 Å². The number of halogens is 1. The minimum atomic E-state index is -0.915. The lowest BCUT2D eigenvalue weighted by Crippen LogP contribution is -2.03. The van der Waals surface area contributed by atoms with E-state index < -0.39 is 6.10 Å². The molecule has 2 heteroatoms. The lowest BCUT2D eigenvalue weighted by Gasteiger charge is -2.15. The fourth-order valence-corrected chi connectivity index (χ4v) is 2.28. The van der Waals surface area contributed by atoms with Crippen molar-refractivity contribution in [2.75, 3.05) is 0 Å². The maximum atomic E-state index is 13.9. The first-order chi connectivity index (χ1) is 9.52. The first-order valence-corrected chi connectivity index (χ1v) is 7.07. The van der Waals surface area contributed by atoms with Gasteiger partial charge in [-0.3, -0.25) is 0 Å². The Labute approximate surface area is 120 Å². The molecule has 0 spiro atoms. The molecule has 2 aromatic carbocycles. The molecule has 0 aromatic heterocycles. The summed E-state index contributed by atoms with van der Waals surface area (Å²) >= 11 is 0. The van der Waals surface area contributed by atoms with Gasteiger partial charge in [-0.15, -0.1) is 0 Å². The van der Waals surface area contributed by atoms with Gasteiger partial charge in [0.25, 0.3) is 0 Å². The van der Waals surface area contributed by atoms with Crippen LogP contribution < -0.4 is 0 Å². The standard InChI is InChI=1S/C18H21FO/c1-4-13(3)14-6-8-15(9-7-14)18(20)16-10-5-12(2)11-17(16)19/h5-11,13,18,20H,4H2,1-3H3. The van der Waals surface area contributed by atoms with Crippen LogP contribution in [0.1, 0.15) is 54.5 Å². The Morgan fingerprint density at radius 3 is 2.20 bits per heavy atom. The van der Waals surface area contributed by atoms with Gasteiger partial charge in [-0.2, -0.15) is 0 Å². The van der Waals surface area contributed by atoms with E-state index in [1.807, 2.05) is 37.3 Å². The summed E-state index contributed by atoms with van der Waals surface area (Å²) in [5.41, 5.74) is 3.14. The Bertz CT molecular complexity index is 574. The van der Waals surface area contributed by atoms with Gasteiger partial charge in [0, 0.05) is 5.56 Å². The Morgan fingerprint density at radius 2 is 1.65 bits per heavy atom. The monoisotopic (exact) mass is 272 g/mol. The maximum absolute atomic E-state index is 13.9. The summed E-state index contributed by atoms with van der Waals surface area (Å²) < 4.78 is 13.9. The number of hydrogen-bond acceptors (Lipinski definition) is 1. The molecule has 0 saturated heterocycles. The smallest absolute Gasteiger partial charge is 0.129 e. The Hall–Kier alpha value is -1.67. The molecule has 0 saturated carbocycles. The molecule has 20 heavy (non-hydrogen) atoms. The van der Waals surface area contributed by atoms with E-state index in [1.165, 1.54) is 11.6 Å². The SMILES string of the molecule is CCC(C)c1ccc(C(O)c2ccc(C)cc2F)cc1. The topological polar surface area (TPSA) is 20.2 Å². The average molecular weight is 272 g/mol. The lowest BCUT2D eigenvalue weighted by molar-refractivity contribution is 0.215. The van der Waals surface area contributed by atoms with Gasteiger partial charge in [0.2, 0.25) is 0 Å². The third-order valence-electron chi connectivity index (χ3n) is 3.88. The minimum absolute atomic E-state index is 0.326. The highest BCUT2D eigenvalue weighted by atomic mass is 19.1. The molecule has 2 atom stereocenters. The van der Waals surface area contributed by atoms with Crippen molar-refractivity contribution in [2.45, 2.75) is 39.2 Å². The van der Waals surface area contributed by atoms with Gasteiger partial charge in [0.1, 0.15) is 11.9 Å². The summed E-state index contributed by atoms with van der Waals surface area (Å²) in [6.45, 7) is 6.15. The highest BCUT2D eigenvalue weighted by molar-refractivity contribution is 5.34. The van der Waals surface area contributed by atoms with Crippen molar-refractivity contribution in [1.29, 1.82) is 0 Å². The molecule has 2 aromatic rings. The number of aryl methyl sites for hydroxylation is 1. The van der Waals surface area contributed by atoms with Crippen molar-refractivity contribution in [3.05, 3.63) is 70.5 Å². The molecular weight excluding hydrogens is 251 g/mol. The molecule has 0 fully saturated rings. The molecule has 0 radical (unpaired) electrons. The number of hydrogen-bond donors (Lipinski definition) is 1. The molecule has 1 nitrogen and oxygen atoms in total. The van der Waals surface area contributed by atoms with Crippen molar-refractivity contribution in [3.8, 4) is 0 Å². The molecule has 2 rings (SSSR count). The van der Waals surface area contributed by atoms with E-state index >= 15 is 0 Å².